The molecule has 0 spiro atoms. The lowest BCUT2D eigenvalue weighted by Gasteiger charge is -2.44. The lowest BCUT2D eigenvalue weighted by molar-refractivity contribution is -0.138. The highest BCUT2D eigenvalue weighted by molar-refractivity contribution is 6.00. The van der Waals surface area contributed by atoms with E-state index in [4.69, 9.17) is 0 Å². The zero-order valence-electron chi connectivity index (χ0n) is 19.0. The van der Waals surface area contributed by atoms with Crippen molar-refractivity contribution in [2.75, 3.05) is 31.6 Å². The van der Waals surface area contributed by atoms with Gasteiger partial charge < -0.3 is 9.80 Å². The first-order valence-electron chi connectivity index (χ1n) is 11.4. The molecule has 0 bridgehead atoms. The van der Waals surface area contributed by atoms with Gasteiger partial charge in [0.25, 0.3) is 5.91 Å². The number of hydrogen-bond acceptors (Lipinski definition) is 5. The lowest BCUT2D eigenvalue weighted by Crippen LogP contribution is -2.66. The van der Waals surface area contributed by atoms with Gasteiger partial charge in [0.1, 0.15) is 18.5 Å². The monoisotopic (exact) mass is 433 g/mol. The number of amides is 3. The summed E-state index contributed by atoms with van der Waals surface area (Å²) in [4.78, 5) is 34.4. The number of carbonyl (C=O) groups excluding carboxylic acids is 2. The Morgan fingerprint density at radius 2 is 1.72 bits per heavy atom. The molecule has 3 aliphatic rings. The molecule has 0 radical (unpaired) electrons. The fourth-order valence-electron chi connectivity index (χ4n) is 5.39. The number of aryl methyl sites for hydroxylation is 2. The first-order valence-corrected chi connectivity index (χ1v) is 11.4. The van der Waals surface area contributed by atoms with E-state index in [0.717, 1.165) is 30.8 Å². The standard InChI is InChI=1S/C25H31N5O2/c1-17-14-18(2)16-20(15-17)28-11-7-12-29-21-22(26-24(28)29)27(3)25(32)30(23(21)31)13-10-19-8-5-4-6-9-19/h4-6,8-9,14-16,21-22,24,26H,7,10-13H2,1-3H3. The molecule has 0 saturated carbocycles. The van der Waals surface area contributed by atoms with E-state index in [0.29, 0.717) is 13.0 Å². The van der Waals surface area contributed by atoms with Gasteiger partial charge in [-0.2, -0.15) is 0 Å². The van der Waals surface area contributed by atoms with Crippen LogP contribution >= 0.6 is 0 Å². The Morgan fingerprint density at radius 1 is 1.00 bits per heavy atom. The van der Waals surface area contributed by atoms with Crippen LogP contribution in [0.4, 0.5) is 10.5 Å². The predicted octanol–water partition coefficient (Wildman–Crippen LogP) is 2.53. The first-order chi connectivity index (χ1) is 15.4. The average Bonchev–Trinajstić information content (AvgIpc) is 3.17. The smallest absolute Gasteiger partial charge is 0.327 e. The fourth-order valence-corrected chi connectivity index (χ4v) is 5.39. The summed E-state index contributed by atoms with van der Waals surface area (Å²) in [5.74, 6) is -0.0914. The van der Waals surface area contributed by atoms with Crippen molar-refractivity contribution in [3.8, 4) is 0 Å². The Kier molecular flexibility index (Phi) is 5.39. The predicted molar refractivity (Wildman–Crippen MR) is 124 cm³/mol. The van der Waals surface area contributed by atoms with E-state index in [-0.39, 0.29) is 30.4 Å². The molecule has 3 atom stereocenters. The van der Waals surface area contributed by atoms with Gasteiger partial charge in [0, 0.05) is 32.4 Å². The third kappa shape index (κ3) is 3.55. The Labute approximate surface area is 189 Å². The maximum Gasteiger partial charge on any atom is 0.327 e. The van der Waals surface area contributed by atoms with Gasteiger partial charge in [-0.3, -0.25) is 19.9 Å². The summed E-state index contributed by atoms with van der Waals surface area (Å²) in [5, 5.41) is 3.60. The number of hydrogen-bond donors (Lipinski definition) is 1. The molecule has 7 nitrogen and oxygen atoms in total. The molecule has 0 aromatic heterocycles. The van der Waals surface area contributed by atoms with Gasteiger partial charge in [-0.05, 0) is 55.5 Å². The average molecular weight is 434 g/mol. The molecule has 2 aromatic carbocycles. The number of nitrogens with one attached hydrogen (secondary N) is 1. The normalized spacial score (nSPS) is 25.8. The van der Waals surface area contributed by atoms with Crippen molar-refractivity contribution in [2.45, 2.75) is 45.2 Å². The Morgan fingerprint density at radius 3 is 2.44 bits per heavy atom. The fraction of sp³-hybridized carbons (Fsp3) is 0.440. The second-order valence-corrected chi connectivity index (χ2v) is 9.18. The largest absolute Gasteiger partial charge is 0.343 e. The van der Waals surface area contributed by atoms with Crippen molar-refractivity contribution >= 4 is 17.6 Å². The Hall–Kier alpha value is -2.90. The first kappa shape index (κ1) is 21.0. The van der Waals surface area contributed by atoms with Crippen LogP contribution in [0.15, 0.2) is 48.5 Å². The van der Waals surface area contributed by atoms with E-state index in [1.807, 2.05) is 30.3 Å². The van der Waals surface area contributed by atoms with Crippen molar-refractivity contribution in [3.63, 3.8) is 0 Å². The van der Waals surface area contributed by atoms with Gasteiger partial charge >= 0.3 is 6.03 Å². The number of anilines is 1. The molecule has 3 amide bonds. The molecule has 32 heavy (non-hydrogen) atoms. The van der Waals surface area contributed by atoms with E-state index in [1.54, 1.807) is 11.9 Å². The second-order valence-electron chi connectivity index (χ2n) is 9.18. The van der Waals surface area contributed by atoms with Crippen LogP contribution in [0, 0.1) is 13.8 Å². The highest BCUT2D eigenvalue weighted by atomic mass is 16.2. The molecular formula is C25H31N5O2. The molecule has 3 saturated heterocycles. The van der Waals surface area contributed by atoms with E-state index in [2.05, 4.69) is 47.2 Å². The number of imide groups is 1. The summed E-state index contributed by atoms with van der Waals surface area (Å²) in [6.07, 6.45) is 1.21. The lowest BCUT2D eigenvalue weighted by atomic mass is 10.1. The van der Waals surface area contributed by atoms with Crippen molar-refractivity contribution in [1.82, 2.24) is 20.0 Å². The third-order valence-corrected chi connectivity index (χ3v) is 6.87. The SMILES string of the molecule is Cc1cc(C)cc(N2CCCN3C4C(=O)N(CCc5ccccc5)C(=O)N(C)C4NC23)c1. The van der Waals surface area contributed by atoms with Gasteiger partial charge in [-0.15, -0.1) is 0 Å². The van der Waals surface area contributed by atoms with E-state index in [9.17, 15) is 9.59 Å². The van der Waals surface area contributed by atoms with Gasteiger partial charge in [-0.1, -0.05) is 36.4 Å². The number of carbonyl (C=O) groups is 2. The second kappa shape index (κ2) is 8.22. The van der Waals surface area contributed by atoms with Gasteiger partial charge in [-0.25, -0.2) is 4.79 Å². The van der Waals surface area contributed by atoms with Crippen LogP contribution in [0.3, 0.4) is 0 Å². The molecule has 3 unspecified atom stereocenters. The molecule has 5 rings (SSSR count). The zero-order valence-corrected chi connectivity index (χ0v) is 19.0. The molecule has 1 N–H and O–H groups in total. The van der Waals surface area contributed by atoms with Crippen LogP contribution in [0.5, 0.6) is 0 Å². The Balaban J connectivity index is 1.40. The zero-order chi connectivity index (χ0) is 22.4. The topological polar surface area (TPSA) is 59.1 Å². The van der Waals surface area contributed by atoms with Crippen molar-refractivity contribution < 1.29 is 9.59 Å². The number of nitrogens with zero attached hydrogens (tertiary/aromatic N) is 4. The minimum atomic E-state index is -0.368. The summed E-state index contributed by atoms with van der Waals surface area (Å²) >= 11 is 0. The molecule has 2 aromatic rings. The Bertz CT molecular complexity index is 1010. The molecular weight excluding hydrogens is 402 g/mol. The molecule has 168 valence electrons. The van der Waals surface area contributed by atoms with E-state index in [1.165, 1.54) is 16.0 Å². The number of rotatable bonds is 4. The van der Waals surface area contributed by atoms with Crippen LogP contribution in [0.1, 0.15) is 23.1 Å². The molecule has 7 heteroatoms. The minimum Gasteiger partial charge on any atom is -0.343 e. The third-order valence-electron chi connectivity index (χ3n) is 6.87. The molecule has 0 aliphatic carbocycles. The number of urea groups is 1. The van der Waals surface area contributed by atoms with Gasteiger partial charge in [0.05, 0.1) is 0 Å². The van der Waals surface area contributed by atoms with Crippen LogP contribution in [-0.2, 0) is 11.2 Å². The summed E-state index contributed by atoms with van der Waals surface area (Å²) in [6.45, 7) is 6.37. The number of fused-ring (bicyclic) bond motifs is 3. The maximum atomic E-state index is 13.6. The van der Waals surface area contributed by atoms with Crippen molar-refractivity contribution in [2.24, 2.45) is 0 Å². The molecule has 3 fully saturated rings. The van der Waals surface area contributed by atoms with Crippen LogP contribution in [-0.4, -0.2) is 71.8 Å². The highest BCUT2D eigenvalue weighted by Gasteiger charge is 2.55. The molecule has 3 aliphatic heterocycles. The summed E-state index contributed by atoms with van der Waals surface area (Å²) < 4.78 is 0. The quantitative estimate of drug-likeness (QED) is 0.803. The maximum absolute atomic E-state index is 13.6. The number of likely N-dealkylation sites (N-methyl/N-ethyl adjacent to an activating group) is 1. The number of benzene rings is 2. The van der Waals surface area contributed by atoms with Crippen molar-refractivity contribution in [3.05, 3.63) is 65.2 Å². The van der Waals surface area contributed by atoms with E-state index < -0.39 is 0 Å². The van der Waals surface area contributed by atoms with E-state index >= 15 is 0 Å². The highest BCUT2D eigenvalue weighted by Crippen LogP contribution is 2.33. The van der Waals surface area contributed by atoms with Crippen LogP contribution < -0.4 is 10.2 Å². The summed E-state index contributed by atoms with van der Waals surface area (Å²) in [6, 6.07) is 16.0. The van der Waals surface area contributed by atoms with Gasteiger partial charge in [0.15, 0.2) is 0 Å². The summed E-state index contributed by atoms with van der Waals surface area (Å²) in [5.41, 5.74) is 4.73. The summed E-state index contributed by atoms with van der Waals surface area (Å²) in [7, 11) is 1.80. The van der Waals surface area contributed by atoms with Gasteiger partial charge in [0.2, 0.25) is 0 Å². The van der Waals surface area contributed by atoms with Crippen LogP contribution in [0.25, 0.3) is 0 Å². The van der Waals surface area contributed by atoms with Crippen molar-refractivity contribution in [1.29, 1.82) is 0 Å². The van der Waals surface area contributed by atoms with Crippen LogP contribution in [0.2, 0.25) is 0 Å². The molecule has 3 heterocycles. The minimum absolute atomic E-state index is 0.0914.